The van der Waals surface area contributed by atoms with Crippen molar-refractivity contribution in [3.8, 4) is 0 Å². The van der Waals surface area contributed by atoms with E-state index in [9.17, 15) is 14.0 Å². The average molecular weight is 307 g/mol. The Morgan fingerprint density at radius 1 is 1.11 bits per heavy atom. The molecule has 1 aromatic rings. The van der Waals surface area contributed by atoms with Crippen LogP contribution < -0.4 is 14.0 Å². The zero-order valence-electron chi connectivity index (χ0n) is 9.71. The molecular formula is C11H11ClO4S2. The first-order valence-corrected chi connectivity index (χ1v) is 8.74. The Morgan fingerprint density at radius 2 is 1.72 bits per heavy atom. The van der Waals surface area contributed by atoms with Crippen molar-refractivity contribution in [1.29, 1.82) is 0 Å². The van der Waals surface area contributed by atoms with Gasteiger partial charge in [0, 0.05) is 9.77 Å². The molecule has 0 amide bonds. The molecule has 98 valence electrons. The fourth-order valence-electron chi connectivity index (χ4n) is 1.47. The first-order chi connectivity index (χ1) is 8.38. The van der Waals surface area contributed by atoms with Gasteiger partial charge >= 0.3 is 0 Å². The van der Waals surface area contributed by atoms with Crippen LogP contribution in [0.5, 0.6) is 0 Å². The molecule has 1 atom stereocenters. The van der Waals surface area contributed by atoms with Gasteiger partial charge in [0.2, 0.25) is 0 Å². The van der Waals surface area contributed by atoms with Crippen molar-refractivity contribution in [2.45, 2.75) is 13.8 Å². The molecule has 0 bridgehead atoms. The lowest BCUT2D eigenvalue weighted by Crippen LogP contribution is -2.60. The molecular weight excluding hydrogens is 296 g/mol. The molecule has 1 aromatic carbocycles. The lowest BCUT2D eigenvalue weighted by molar-refractivity contribution is -1.91. The Morgan fingerprint density at radius 3 is 2.28 bits per heavy atom. The van der Waals surface area contributed by atoms with Crippen LogP contribution in [0.1, 0.15) is 19.4 Å². The Balaban J connectivity index is 2.26. The maximum Gasteiger partial charge on any atom is 0.175 e. The molecule has 0 N–H and O–H groups in total. The van der Waals surface area contributed by atoms with Crippen molar-refractivity contribution in [3.63, 3.8) is 0 Å². The summed E-state index contributed by atoms with van der Waals surface area (Å²) in [6, 6.07) is 9.61. The predicted molar refractivity (Wildman–Crippen MR) is 66.0 cm³/mol. The summed E-state index contributed by atoms with van der Waals surface area (Å²) >= 11 is 0. The van der Waals surface area contributed by atoms with Crippen molar-refractivity contribution < 1.29 is 28.0 Å². The summed E-state index contributed by atoms with van der Waals surface area (Å²) in [6.45, 7) is 3.68. The van der Waals surface area contributed by atoms with Crippen molar-refractivity contribution in [3.05, 3.63) is 41.5 Å². The second kappa shape index (κ2) is 5.34. The summed E-state index contributed by atoms with van der Waals surface area (Å²) in [7, 11) is -4.19. The van der Waals surface area contributed by atoms with Gasteiger partial charge in [-0.25, -0.2) is 0 Å². The van der Waals surface area contributed by atoms with Gasteiger partial charge in [-0.1, -0.05) is 30.3 Å². The molecule has 1 unspecified atom stereocenters. The summed E-state index contributed by atoms with van der Waals surface area (Å²) < 4.78 is 36.5. The largest absolute Gasteiger partial charge is 0.182 e. The molecule has 0 spiro atoms. The summed E-state index contributed by atoms with van der Waals surface area (Å²) in [5.74, 6) is 0. The van der Waals surface area contributed by atoms with E-state index < -0.39 is 20.0 Å². The normalized spacial score (nSPS) is 20.7. The molecule has 1 aliphatic heterocycles. The van der Waals surface area contributed by atoms with Crippen LogP contribution in [0, 0.1) is 10.2 Å². The zero-order chi connectivity index (χ0) is 13.3. The summed E-state index contributed by atoms with van der Waals surface area (Å²) in [4.78, 5) is 1.74. The van der Waals surface area contributed by atoms with Crippen LogP contribution in [-0.2, 0) is 3.74 Å². The van der Waals surface area contributed by atoms with Gasteiger partial charge in [-0.15, -0.1) is 0 Å². The lowest BCUT2D eigenvalue weighted by atomic mass is 10.1. The quantitative estimate of drug-likeness (QED) is 0.595. The van der Waals surface area contributed by atoms with Gasteiger partial charge in [-0.3, -0.25) is 0 Å². The number of halogens is 1. The fourth-order valence-corrected chi connectivity index (χ4v) is 6.38. The van der Waals surface area contributed by atoms with Crippen LogP contribution in [0.3, 0.4) is 0 Å². The van der Waals surface area contributed by atoms with E-state index in [0.29, 0.717) is 0 Å². The van der Waals surface area contributed by atoms with Gasteiger partial charge in [0.1, 0.15) is 3.74 Å². The lowest BCUT2D eigenvalue weighted by Gasteiger charge is -2.12. The van der Waals surface area contributed by atoms with Gasteiger partial charge in [0.05, 0.1) is 10.2 Å². The first kappa shape index (κ1) is 14.1. The molecule has 0 saturated carbocycles. The Bertz CT molecular complexity index is 520. The molecule has 0 aromatic heterocycles. The van der Waals surface area contributed by atoms with E-state index >= 15 is 0 Å². The fraction of sp³-hybridized carbons (Fsp3) is 0.182. The molecule has 2 rings (SSSR count). The van der Waals surface area contributed by atoms with Crippen LogP contribution in [0.4, 0.5) is 0 Å². The molecule has 0 aliphatic carbocycles. The number of hydrogen-bond acceptors (Lipinski definition) is 5. The van der Waals surface area contributed by atoms with Crippen LogP contribution in [0.2, 0.25) is 0 Å². The standard InChI is InChI=1S/C11H11ClO4S2/c1-8-9(2)18(16-12(13,14)15)17-11(8)10-6-4-3-5-7-10/h3-7H,1-2H3. The topological polar surface area (TPSA) is 78.4 Å². The van der Waals surface area contributed by atoms with Crippen molar-refractivity contribution in [2.75, 3.05) is 0 Å². The highest BCUT2D eigenvalue weighted by Crippen LogP contribution is 2.52. The molecule has 0 radical (unpaired) electrons. The van der Waals surface area contributed by atoms with Gasteiger partial charge < -0.3 is 0 Å². The summed E-state index contributed by atoms with van der Waals surface area (Å²) in [5, 5.41) is 0. The van der Waals surface area contributed by atoms with Crippen molar-refractivity contribution in [2.24, 2.45) is 0 Å². The minimum Gasteiger partial charge on any atom is -0.182 e. The van der Waals surface area contributed by atoms with E-state index in [4.69, 9.17) is 0 Å². The van der Waals surface area contributed by atoms with Crippen molar-refractivity contribution >= 4 is 30.4 Å². The smallest absolute Gasteiger partial charge is 0.175 e. The third-order valence-electron chi connectivity index (χ3n) is 2.45. The molecule has 4 nitrogen and oxygen atoms in total. The Kier molecular flexibility index (Phi) is 4.18. The van der Waals surface area contributed by atoms with E-state index in [1.54, 1.807) is 6.92 Å². The highest BCUT2D eigenvalue weighted by molar-refractivity contribution is 8.85. The van der Waals surface area contributed by atoms with Gasteiger partial charge in [-0.05, 0) is 35.8 Å². The first-order valence-electron chi connectivity index (χ1n) is 5.02. The molecule has 0 saturated heterocycles. The molecule has 18 heavy (non-hydrogen) atoms. The number of rotatable bonds is 3. The molecule has 1 heterocycles. The minimum atomic E-state index is -4.40. The van der Waals surface area contributed by atoms with Crippen LogP contribution in [0.15, 0.2) is 35.9 Å². The molecule has 1 aliphatic rings. The highest BCUT2D eigenvalue weighted by atomic mass is 35.7. The minimum absolute atomic E-state index is 0.783. The summed E-state index contributed by atoms with van der Waals surface area (Å²) in [6.07, 6.45) is 0. The second-order valence-electron chi connectivity index (χ2n) is 3.64. The number of hydrogen-bond donors (Lipinski definition) is 0. The van der Waals surface area contributed by atoms with Gasteiger partial charge in [0.25, 0.3) is 0 Å². The predicted octanol–water partition coefficient (Wildman–Crippen LogP) is 0.369. The van der Waals surface area contributed by atoms with Crippen LogP contribution >= 0.6 is 20.6 Å². The maximum absolute atomic E-state index is 10.6. The van der Waals surface area contributed by atoms with Crippen LogP contribution in [0.25, 0.3) is 4.91 Å². The zero-order valence-corrected chi connectivity index (χ0v) is 12.1. The third-order valence-corrected chi connectivity index (χ3v) is 7.36. The SMILES string of the molecule is CC1=C(c2ccccc2)SS(O[Cl+3]([O-])([O-])[O-])=C1C. The van der Waals surface area contributed by atoms with Gasteiger partial charge in [0.15, 0.2) is 9.80 Å². The monoisotopic (exact) mass is 306 g/mol. The van der Waals surface area contributed by atoms with E-state index in [2.05, 4.69) is 3.74 Å². The van der Waals surface area contributed by atoms with Gasteiger partial charge in [-0.2, -0.15) is 14.0 Å². The Labute approximate surface area is 114 Å². The molecule has 7 heteroatoms. The van der Waals surface area contributed by atoms with E-state index in [0.717, 1.165) is 20.9 Å². The van der Waals surface area contributed by atoms with E-state index in [1.807, 2.05) is 37.3 Å². The van der Waals surface area contributed by atoms with Crippen LogP contribution in [-0.4, -0.2) is 4.86 Å². The second-order valence-corrected chi connectivity index (χ2v) is 7.96. The van der Waals surface area contributed by atoms with Crippen molar-refractivity contribution in [1.82, 2.24) is 0 Å². The summed E-state index contributed by atoms with van der Waals surface area (Å²) in [5.41, 5.74) is 1.96. The van der Waals surface area contributed by atoms with E-state index in [1.165, 1.54) is 10.8 Å². The number of allylic oxidation sites excluding steroid dienone is 1. The molecule has 0 fully saturated rings. The average Bonchev–Trinajstić information content (AvgIpc) is 2.57. The third kappa shape index (κ3) is 3.16. The number of benzene rings is 1. The maximum atomic E-state index is 10.6. The Hall–Kier alpha value is -0.340. The highest BCUT2D eigenvalue weighted by Gasteiger charge is 2.31. The van der Waals surface area contributed by atoms with E-state index in [-0.39, 0.29) is 0 Å².